The Balaban J connectivity index is 3.15. The minimum absolute atomic E-state index is 0.125. The number of carbonyl (C=O) groups excluding carboxylic acids is 1. The van der Waals surface area contributed by atoms with Gasteiger partial charge in [0.05, 0.1) is 16.9 Å². The van der Waals surface area contributed by atoms with E-state index in [4.69, 9.17) is 0 Å². The fourth-order valence-corrected chi connectivity index (χ4v) is 3.51. The van der Waals surface area contributed by atoms with Crippen LogP contribution in [0, 0.1) is 10.1 Å². The lowest BCUT2D eigenvalue weighted by Crippen LogP contribution is -2.31. The molecule has 116 valence electrons. The van der Waals surface area contributed by atoms with E-state index < -0.39 is 26.0 Å². The average molecular weight is 315 g/mol. The summed E-state index contributed by atoms with van der Waals surface area (Å²) in [4.78, 5) is 21.5. The first kappa shape index (κ1) is 17.1. The fourth-order valence-electron chi connectivity index (χ4n) is 1.84. The van der Waals surface area contributed by atoms with Gasteiger partial charge >= 0.3 is 5.97 Å². The smallest absolute Gasteiger partial charge is 0.324 e. The Morgan fingerprint density at radius 2 is 1.90 bits per heavy atom. The van der Waals surface area contributed by atoms with E-state index in [1.54, 1.807) is 0 Å². The maximum absolute atomic E-state index is 12.4. The monoisotopic (exact) mass is 315 g/mol. The van der Waals surface area contributed by atoms with Crippen LogP contribution in [0.3, 0.4) is 0 Å². The van der Waals surface area contributed by atoms with Gasteiger partial charge in [-0.15, -0.1) is 0 Å². The minimum Gasteiger partial charge on any atom is -0.468 e. The zero-order chi connectivity index (χ0) is 16.0. The van der Waals surface area contributed by atoms with Crippen molar-refractivity contribution < 1.29 is 22.9 Å². The minimum atomic E-state index is -3.92. The number of benzene rings is 1. The third kappa shape index (κ3) is 4.01. The molecule has 0 heterocycles. The number of methoxy groups -OCH3 is 1. The van der Waals surface area contributed by atoms with Crippen LogP contribution in [0.1, 0.15) is 26.2 Å². The number of rotatable bonds is 7. The molecule has 0 amide bonds. The summed E-state index contributed by atoms with van der Waals surface area (Å²) in [7, 11) is -2.79. The largest absolute Gasteiger partial charge is 0.468 e. The molecule has 0 aliphatic rings. The summed E-state index contributed by atoms with van der Waals surface area (Å²) >= 11 is 0. The molecule has 0 fully saturated rings. The van der Waals surface area contributed by atoms with Crippen LogP contribution < -0.4 is 0 Å². The van der Waals surface area contributed by atoms with Crippen LogP contribution in [0.15, 0.2) is 29.2 Å². The molecule has 0 radical (unpaired) electrons. The predicted octanol–water partition coefficient (Wildman–Crippen LogP) is 2.10. The second-order valence-corrected chi connectivity index (χ2v) is 6.58. The third-order valence-corrected chi connectivity index (χ3v) is 5.14. The molecule has 0 saturated carbocycles. The molecule has 7 nitrogen and oxygen atoms in total. The summed E-state index contributed by atoms with van der Waals surface area (Å²) < 4.78 is 29.5. The van der Waals surface area contributed by atoms with Crippen LogP contribution in [0.4, 0.5) is 5.69 Å². The van der Waals surface area contributed by atoms with Gasteiger partial charge in [0.1, 0.15) is 0 Å². The maximum atomic E-state index is 12.4. The Morgan fingerprint density at radius 3 is 2.33 bits per heavy atom. The number of sulfone groups is 1. The van der Waals surface area contributed by atoms with Gasteiger partial charge in [0.2, 0.25) is 0 Å². The molecule has 1 unspecified atom stereocenters. The number of ether oxygens (including phenoxy) is 1. The average Bonchev–Trinajstić information content (AvgIpc) is 2.47. The van der Waals surface area contributed by atoms with Gasteiger partial charge in [0.25, 0.3) is 5.69 Å². The van der Waals surface area contributed by atoms with E-state index in [1.807, 2.05) is 6.92 Å². The Kier molecular flexibility index (Phi) is 5.83. The van der Waals surface area contributed by atoms with E-state index in [0.29, 0.717) is 6.42 Å². The molecular weight excluding hydrogens is 298 g/mol. The molecule has 1 aromatic carbocycles. The van der Waals surface area contributed by atoms with Crippen molar-refractivity contribution in [3.8, 4) is 0 Å². The van der Waals surface area contributed by atoms with Crippen LogP contribution in [0.25, 0.3) is 0 Å². The van der Waals surface area contributed by atoms with E-state index >= 15 is 0 Å². The second kappa shape index (κ2) is 7.16. The van der Waals surface area contributed by atoms with Crippen molar-refractivity contribution in [2.45, 2.75) is 36.3 Å². The number of hydrogen-bond acceptors (Lipinski definition) is 6. The van der Waals surface area contributed by atoms with E-state index in [2.05, 4.69) is 4.74 Å². The summed E-state index contributed by atoms with van der Waals surface area (Å²) in [6.07, 6.45) is 1.46. The molecule has 21 heavy (non-hydrogen) atoms. The van der Waals surface area contributed by atoms with Crippen molar-refractivity contribution in [1.29, 1.82) is 0 Å². The lowest BCUT2D eigenvalue weighted by molar-refractivity contribution is -0.384. The molecule has 0 aromatic heterocycles. The number of esters is 1. The van der Waals surface area contributed by atoms with Gasteiger partial charge in [-0.05, 0) is 18.6 Å². The lowest BCUT2D eigenvalue weighted by atomic mass is 10.2. The summed E-state index contributed by atoms with van der Waals surface area (Å²) in [5.74, 6) is -0.818. The quantitative estimate of drug-likeness (QED) is 0.433. The highest BCUT2D eigenvalue weighted by atomic mass is 32.2. The normalized spacial score (nSPS) is 12.7. The van der Waals surface area contributed by atoms with E-state index in [-0.39, 0.29) is 17.0 Å². The van der Waals surface area contributed by atoms with Gasteiger partial charge in [-0.3, -0.25) is 14.9 Å². The van der Waals surface area contributed by atoms with E-state index in [9.17, 15) is 23.3 Å². The zero-order valence-electron chi connectivity index (χ0n) is 11.8. The van der Waals surface area contributed by atoms with Crippen molar-refractivity contribution in [2.24, 2.45) is 0 Å². The Hall–Kier alpha value is -1.96. The molecule has 0 N–H and O–H groups in total. The number of hydrogen-bond donors (Lipinski definition) is 0. The van der Waals surface area contributed by atoms with Crippen molar-refractivity contribution in [1.82, 2.24) is 0 Å². The molecule has 0 spiro atoms. The molecule has 0 aliphatic carbocycles. The first-order chi connectivity index (χ1) is 9.84. The fraction of sp³-hybridized carbons (Fsp3) is 0.462. The Bertz CT molecular complexity index is 608. The topological polar surface area (TPSA) is 104 Å². The predicted molar refractivity (Wildman–Crippen MR) is 75.6 cm³/mol. The highest BCUT2D eigenvalue weighted by Gasteiger charge is 2.34. The van der Waals surface area contributed by atoms with Crippen LogP contribution in [-0.2, 0) is 19.4 Å². The first-order valence-corrected chi connectivity index (χ1v) is 7.95. The third-order valence-electron chi connectivity index (χ3n) is 3.03. The van der Waals surface area contributed by atoms with E-state index in [0.717, 1.165) is 37.8 Å². The van der Waals surface area contributed by atoms with Crippen molar-refractivity contribution in [2.75, 3.05) is 7.11 Å². The summed E-state index contributed by atoms with van der Waals surface area (Å²) in [6.45, 7) is 1.88. The standard InChI is InChI=1S/C13H17NO6S/c1-3-4-5-12(13(15)20-2)21(18,19)11-8-6-10(7-9-11)14(16)17/h6-9,12H,3-5H2,1-2H3. The summed E-state index contributed by atoms with van der Waals surface area (Å²) in [5, 5.41) is 9.29. The Morgan fingerprint density at radius 1 is 1.33 bits per heavy atom. The first-order valence-electron chi connectivity index (χ1n) is 6.40. The van der Waals surface area contributed by atoms with Gasteiger partial charge in [-0.2, -0.15) is 0 Å². The molecule has 1 atom stereocenters. The molecular formula is C13H17NO6S. The van der Waals surface area contributed by atoms with Crippen LogP contribution >= 0.6 is 0 Å². The molecule has 8 heteroatoms. The summed E-state index contributed by atoms with van der Waals surface area (Å²) in [6, 6.07) is 4.47. The van der Waals surface area contributed by atoms with Gasteiger partial charge in [-0.1, -0.05) is 19.8 Å². The van der Waals surface area contributed by atoms with E-state index in [1.165, 1.54) is 0 Å². The van der Waals surface area contributed by atoms with Crippen LogP contribution in [-0.4, -0.2) is 31.7 Å². The van der Waals surface area contributed by atoms with Gasteiger partial charge in [0.15, 0.2) is 15.1 Å². The molecule has 0 aliphatic heterocycles. The molecule has 1 rings (SSSR count). The van der Waals surface area contributed by atoms with Crippen molar-refractivity contribution in [3.05, 3.63) is 34.4 Å². The number of nitrogens with zero attached hydrogens (tertiary/aromatic N) is 1. The number of unbranched alkanes of at least 4 members (excludes halogenated alkanes) is 1. The maximum Gasteiger partial charge on any atom is 0.324 e. The van der Waals surface area contributed by atoms with Gasteiger partial charge in [-0.25, -0.2) is 8.42 Å². The van der Waals surface area contributed by atoms with Crippen LogP contribution in [0.2, 0.25) is 0 Å². The molecule has 0 saturated heterocycles. The van der Waals surface area contributed by atoms with Gasteiger partial charge < -0.3 is 4.74 Å². The van der Waals surface area contributed by atoms with Crippen LogP contribution in [0.5, 0.6) is 0 Å². The van der Waals surface area contributed by atoms with Crippen molar-refractivity contribution in [3.63, 3.8) is 0 Å². The second-order valence-electron chi connectivity index (χ2n) is 4.45. The number of nitro benzene ring substituents is 1. The summed E-state index contributed by atoms with van der Waals surface area (Å²) in [5.41, 5.74) is -0.211. The SMILES string of the molecule is CCCCC(C(=O)OC)S(=O)(=O)c1ccc([N+](=O)[O-])cc1. The van der Waals surface area contributed by atoms with Gasteiger partial charge in [0, 0.05) is 12.1 Å². The molecule has 0 bridgehead atoms. The highest BCUT2D eigenvalue weighted by molar-refractivity contribution is 7.92. The lowest BCUT2D eigenvalue weighted by Gasteiger charge is -2.15. The number of nitro groups is 1. The van der Waals surface area contributed by atoms with Crippen molar-refractivity contribution >= 4 is 21.5 Å². The Labute approximate surface area is 123 Å². The molecule has 1 aromatic rings. The number of carbonyl (C=O) groups is 1. The highest BCUT2D eigenvalue weighted by Crippen LogP contribution is 2.23. The number of non-ortho nitro benzene ring substituents is 1. The zero-order valence-corrected chi connectivity index (χ0v) is 12.6.